The van der Waals surface area contributed by atoms with Gasteiger partial charge in [-0.1, -0.05) is 42.8 Å². The number of carbonyl (C=O) groups is 2. The number of nitrogens with one attached hydrogen (secondary N) is 1. The molecule has 2 rings (SSSR count). The molecule has 0 fully saturated rings. The van der Waals surface area contributed by atoms with Crippen LogP contribution in [-0.2, 0) is 11.4 Å². The van der Waals surface area contributed by atoms with Crippen molar-refractivity contribution in [2.45, 2.75) is 39.2 Å². The number of carbonyl (C=O) groups excluding carboxylic acids is 2. The summed E-state index contributed by atoms with van der Waals surface area (Å²) in [6.45, 7) is 2.12. The van der Waals surface area contributed by atoms with Gasteiger partial charge in [-0.25, -0.2) is 0 Å². The summed E-state index contributed by atoms with van der Waals surface area (Å²) in [5, 5.41) is 24.7. The summed E-state index contributed by atoms with van der Waals surface area (Å²) in [7, 11) is 0. The van der Waals surface area contributed by atoms with Gasteiger partial charge >= 0.3 is 5.69 Å². The topological polar surface area (TPSA) is 122 Å². The summed E-state index contributed by atoms with van der Waals surface area (Å²) in [5.41, 5.74) is 0.979. The van der Waals surface area contributed by atoms with Gasteiger partial charge in [-0.15, -0.1) is 0 Å². The molecule has 1 amide bonds. The number of amides is 1. The smallest absolute Gasteiger partial charge is 0.323 e. The molecule has 0 atom stereocenters. The summed E-state index contributed by atoms with van der Waals surface area (Å²) in [4.78, 5) is 33.9. The number of carboxylic acid groups (broad SMARTS) is 1. The molecule has 0 heterocycles. The van der Waals surface area contributed by atoms with E-state index < -0.39 is 16.8 Å². The molecule has 0 aromatic heterocycles. The van der Waals surface area contributed by atoms with Crippen molar-refractivity contribution < 1.29 is 24.4 Å². The monoisotopic (exact) mass is 399 g/mol. The summed E-state index contributed by atoms with van der Waals surface area (Å²) >= 11 is 0. The van der Waals surface area contributed by atoms with Crippen molar-refractivity contribution in [2.24, 2.45) is 0 Å². The third-order valence-corrected chi connectivity index (χ3v) is 4.32. The molecule has 0 saturated carbocycles. The molecule has 1 N–H and O–H groups in total. The molecule has 154 valence electrons. The van der Waals surface area contributed by atoms with Gasteiger partial charge in [0.15, 0.2) is 0 Å². The Morgan fingerprint density at radius 2 is 1.79 bits per heavy atom. The molecule has 0 spiro atoms. The van der Waals surface area contributed by atoms with Crippen LogP contribution in [0.3, 0.4) is 0 Å². The van der Waals surface area contributed by atoms with Crippen LogP contribution in [0.2, 0.25) is 0 Å². The summed E-state index contributed by atoms with van der Waals surface area (Å²) in [5.74, 6) is -1.60. The van der Waals surface area contributed by atoms with E-state index in [2.05, 4.69) is 5.32 Å². The molecule has 0 bridgehead atoms. The second-order valence-electron chi connectivity index (χ2n) is 6.58. The van der Waals surface area contributed by atoms with Crippen LogP contribution in [0, 0.1) is 17.0 Å². The standard InChI is InChI=1S/C21H24N2O6/c1-15-11-12-17(21(26)22-13-7-3-6-10-18(24)25)19(23(27)28)20(15)29-14-16-8-4-2-5-9-16/h2,4-5,8-9,11-12H,3,6-7,10,13-14H2,1H3,(H,22,26)(H,24,25)/p-1. The lowest BCUT2D eigenvalue weighted by Gasteiger charge is -2.13. The van der Waals surface area contributed by atoms with E-state index in [9.17, 15) is 24.8 Å². The maximum absolute atomic E-state index is 12.5. The van der Waals surface area contributed by atoms with Crippen molar-refractivity contribution in [1.29, 1.82) is 0 Å². The first-order chi connectivity index (χ1) is 13.9. The lowest BCUT2D eigenvalue weighted by Crippen LogP contribution is -2.26. The number of ether oxygens (including phenoxy) is 1. The number of unbranched alkanes of at least 4 members (excludes halogenated alkanes) is 2. The molecule has 8 heteroatoms. The van der Waals surface area contributed by atoms with E-state index in [0.29, 0.717) is 24.8 Å². The molecular formula is C21H23N2O6-. The molecule has 0 aliphatic rings. The average molecular weight is 399 g/mol. The molecule has 8 nitrogen and oxygen atoms in total. The predicted molar refractivity (Wildman–Crippen MR) is 104 cm³/mol. The van der Waals surface area contributed by atoms with E-state index in [4.69, 9.17) is 4.74 Å². The first-order valence-electron chi connectivity index (χ1n) is 9.33. The van der Waals surface area contributed by atoms with Gasteiger partial charge in [0, 0.05) is 12.5 Å². The third-order valence-electron chi connectivity index (χ3n) is 4.32. The van der Waals surface area contributed by atoms with Gasteiger partial charge in [0.05, 0.1) is 4.92 Å². The predicted octanol–water partition coefficient (Wildman–Crippen LogP) is 2.52. The SMILES string of the molecule is Cc1ccc(C(=O)NCCCCCC(=O)[O-])c([N+](=O)[O-])c1OCc1ccccc1. The normalized spacial score (nSPS) is 10.4. The fourth-order valence-electron chi connectivity index (χ4n) is 2.82. The van der Waals surface area contributed by atoms with Crippen LogP contribution < -0.4 is 15.2 Å². The Morgan fingerprint density at radius 3 is 2.45 bits per heavy atom. The largest absolute Gasteiger partial charge is 0.550 e. The number of hydrogen-bond acceptors (Lipinski definition) is 6. The van der Waals surface area contributed by atoms with Crippen molar-refractivity contribution in [1.82, 2.24) is 5.32 Å². The van der Waals surface area contributed by atoms with Crippen molar-refractivity contribution in [3.63, 3.8) is 0 Å². The van der Waals surface area contributed by atoms with Crippen LogP contribution in [0.25, 0.3) is 0 Å². The van der Waals surface area contributed by atoms with Crippen molar-refractivity contribution in [3.8, 4) is 5.75 Å². The third kappa shape index (κ3) is 6.60. The number of nitro groups is 1. The Bertz CT molecular complexity index is 867. The second kappa shape index (κ2) is 10.8. The van der Waals surface area contributed by atoms with E-state index in [-0.39, 0.29) is 36.6 Å². The maximum Gasteiger partial charge on any atom is 0.323 e. The zero-order chi connectivity index (χ0) is 21.2. The molecule has 2 aromatic rings. The quantitative estimate of drug-likeness (QED) is 0.352. The fraction of sp³-hybridized carbons (Fsp3) is 0.333. The molecule has 0 saturated heterocycles. The minimum absolute atomic E-state index is 0.0283. The zero-order valence-corrected chi connectivity index (χ0v) is 16.2. The van der Waals surface area contributed by atoms with Gasteiger partial charge in [0.25, 0.3) is 5.91 Å². The number of hydrogen-bond donors (Lipinski definition) is 1. The lowest BCUT2D eigenvalue weighted by atomic mass is 10.1. The minimum Gasteiger partial charge on any atom is -0.550 e. The number of aliphatic carboxylic acids is 1. The molecule has 0 aliphatic heterocycles. The van der Waals surface area contributed by atoms with E-state index in [0.717, 1.165) is 5.56 Å². The average Bonchev–Trinajstić information content (AvgIpc) is 2.69. The van der Waals surface area contributed by atoms with Gasteiger partial charge in [-0.05, 0) is 43.4 Å². The van der Waals surface area contributed by atoms with Crippen molar-refractivity contribution in [3.05, 3.63) is 69.3 Å². The van der Waals surface area contributed by atoms with Gasteiger partial charge in [-0.2, -0.15) is 0 Å². The van der Waals surface area contributed by atoms with E-state index in [1.165, 1.54) is 6.07 Å². The summed E-state index contributed by atoms with van der Waals surface area (Å²) < 4.78 is 5.70. The van der Waals surface area contributed by atoms with Gasteiger partial charge in [-0.3, -0.25) is 14.9 Å². The minimum atomic E-state index is -1.10. The highest BCUT2D eigenvalue weighted by Crippen LogP contribution is 2.35. The first-order valence-corrected chi connectivity index (χ1v) is 9.33. The van der Waals surface area contributed by atoms with Gasteiger partial charge < -0.3 is 20.0 Å². The van der Waals surface area contributed by atoms with Crippen LogP contribution in [0.5, 0.6) is 5.75 Å². The van der Waals surface area contributed by atoms with E-state index >= 15 is 0 Å². The Hall–Kier alpha value is -3.42. The van der Waals surface area contributed by atoms with E-state index in [1.807, 2.05) is 30.3 Å². The Kier molecular flexibility index (Phi) is 8.14. The van der Waals surface area contributed by atoms with Crippen molar-refractivity contribution in [2.75, 3.05) is 6.54 Å². The number of carboxylic acids is 1. The summed E-state index contributed by atoms with van der Waals surface area (Å²) in [6, 6.07) is 12.3. The zero-order valence-electron chi connectivity index (χ0n) is 16.2. The fourth-order valence-corrected chi connectivity index (χ4v) is 2.82. The number of benzene rings is 2. The van der Waals surface area contributed by atoms with Crippen molar-refractivity contribution >= 4 is 17.6 Å². The molecule has 0 radical (unpaired) electrons. The Morgan fingerprint density at radius 1 is 1.07 bits per heavy atom. The van der Waals surface area contributed by atoms with Crippen LogP contribution in [0.15, 0.2) is 42.5 Å². The van der Waals surface area contributed by atoms with Crippen LogP contribution >= 0.6 is 0 Å². The Labute approximate surface area is 168 Å². The van der Waals surface area contributed by atoms with Gasteiger partial charge in [0.1, 0.15) is 12.2 Å². The highest BCUT2D eigenvalue weighted by atomic mass is 16.6. The highest BCUT2D eigenvalue weighted by molar-refractivity contribution is 5.99. The second-order valence-corrected chi connectivity index (χ2v) is 6.58. The number of aryl methyl sites for hydroxylation is 1. The molecule has 29 heavy (non-hydrogen) atoms. The van der Waals surface area contributed by atoms with Crippen LogP contribution in [0.4, 0.5) is 5.69 Å². The summed E-state index contributed by atoms with van der Waals surface area (Å²) in [6.07, 6.45) is 1.60. The first kappa shape index (κ1) is 21.9. The van der Waals surface area contributed by atoms with Crippen LogP contribution in [0.1, 0.15) is 47.2 Å². The molecule has 2 aromatic carbocycles. The number of nitro benzene ring substituents is 1. The highest BCUT2D eigenvalue weighted by Gasteiger charge is 2.27. The Balaban J connectivity index is 2.08. The number of nitrogens with zero attached hydrogens (tertiary/aromatic N) is 1. The molecule has 0 aliphatic carbocycles. The number of rotatable bonds is 11. The maximum atomic E-state index is 12.5. The van der Waals surface area contributed by atoms with Gasteiger partial charge in [0.2, 0.25) is 5.75 Å². The molecular weight excluding hydrogens is 376 g/mol. The van der Waals surface area contributed by atoms with E-state index in [1.54, 1.807) is 13.0 Å². The van der Waals surface area contributed by atoms with Crippen LogP contribution in [-0.4, -0.2) is 23.3 Å². The lowest BCUT2D eigenvalue weighted by molar-refractivity contribution is -0.386. The molecule has 0 unspecified atom stereocenters.